The quantitative estimate of drug-likeness (QED) is 0.734. The Hall–Kier alpha value is 0.750. The van der Waals surface area contributed by atoms with Gasteiger partial charge in [-0.15, -0.1) is 0 Å². The third kappa shape index (κ3) is 4.41. The summed E-state index contributed by atoms with van der Waals surface area (Å²) in [7, 11) is 2.23. The van der Waals surface area contributed by atoms with Crippen molar-refractivity contribution in [2.45, 2.75) is 38.8 Å². The number of likely N-dealkylation sites (N-methyl/N-ethyl adjacent to an activating group) is 1. The maximum atomic E-state index is 2.72. The van der Waals surface area contributed by atoms with Crippen LogP contribution in [0.1, 0.15) is 26.7 Å². The summed E-state index contributed by atoms with van der Waals surface area (Å²) in [5.74, 6) is 0. The van der Waals surface area contributed by atoms with Gasteiger partial charge in [-0.3, -0.25) is 4.90 Å². The van der Waals surface area contributed by atoms with Crippen LogP contribution in [0, 0.1) is 0 Å². The number of piperazine rings is 1. The standard InChI is InChI=1S/C13H27N3.In/c1-12(2)15-6-4-13(5-7-15)16-10-8-14(3)9-11-16;/h12-13H,4-11H2,1-3H3;. The SMILES string of the molecule is CC(C)N1CCC(N2CCN(C)CC2)CC1.[In]. The second-order valence-electron chi connectivity index (χ2n) is 5.70. The molecule has 0 atom stereocenters. The molecule has 0 aromatic heterocycles. The average molecular weight is 340 g/mol. The van der Waals surface area contributed by atoms with Gasteiger partial charge in [0.25, 0.3) is 0 Å². The molecule has 2 heterocycles. The van der Waals surface area contributed by atoms with E-state index in [0.29, 0.717) is 0 Å². The summed E-state index contributed by atoms with van der Waals surface area (Å²) in [4.78, 5) is 7.78. The van der Waals surface area contributed by atoms with E-state index < -0.39 is 0 Å². The smallest absolute Gasteiger partial charge is 0.0121 e. The van der Waals surface area contributed by atoms with Crippen molar-refractivity contribution in [1.29, 1.82) is 0 Å². The second-order valence-corrected chi connectivity index (χ2v) is 5.70. The summed E-state index contributed by atoms with van der Waals surface area (Å²) >= 11 is 0. The summed E-state index contributed by atoms with van der Waals surface area (Å²) in [6.07, 6.45) is 2.75. The van der Waals surface area contributed by atoms with E-state index in [1.165, 1.54) is 52.1 Å². The molecule has 17 heavy (non-hydrogen) atoms. The van der Waals surface area contributed by atoms with E-state index in [4.69, 9.17) is 0 Å². The fraction of sp³-hybridized carbons (Fsp3) is 1.00. The Morgan fingerprint density at radius 1 is 0.882 bits per heavy atom. The van der Waals surface area contributed by atoms with Crippen LogP contribution in [0.25, 0.3) is 0 Å². The van der Waals surface area contributed by atoms with Gasteiger partial charge in [0.2, 0.25) is 0 Å². The third-order valence-electron chi connectivity index (χ3n) is 4.28. The summed E-state index contributed by atoms with van der Waals surface area (Å²) in [5, 5.41) is 0. The van der Waals surface area contributed by atoms with Gasteiger partial charge in [-0.2, -0.15) is 0 Å². The van der Waals surface area contributed by atoms with Crippen LogP contribution in [0.15, 0.2) is 0 Å². The van der Waals surface area contributed by atoms with Gasteiger partial charge in [-0.05, 0) is 46.8 Å². The maximum absolute atomic E-state index is 2.72. The fourth-order valence-electron chi connectivity index (χ4n) is 2.95. The Labute approximate surface area is 125 Å². The molecule has 0 aromatic carbocycles. The van der Waals surface area contributed by atoms with Gasteiger partial charge in [0.1, 0.15) is 0 Å². The summed E-state index contributed by atoms with van der Waals surface area (Å²) < 4.78 is 0. The normalized spacial score (nSPS) is 26.1. The first kappa shape index (κ1) is 15.8. The largest absolute Gasteiger partial charge is 0.304 e. The van der Waals surface area contributed by atoms with Crippen LogP contribution in [0.2, 0.25) is 0 Å². The van der Waals surface area contributed by atoms with Crippen molar-refractivity contribution in [2.75, 3.05) is 46.3 Å². The molecule has 3 radical (unpaired) electrons. The predicted molar refractivity (Wildman–Crippen MR) is 74.6 cm³/mol. The van der Waals surface area contributed by atoms with Crippen LogP contribution in [0.3, 0.4) is 0 Å². The molecule has 97 valence electrons. The molecular weight excluding hydrogens is 313 g/mol. The van der Waals surface area contributed by atoms with Crippen LogP contribution in [-0.4, -0.2) is 98.9 Å². The van der Waals surface area contributed by atoms with Gasteiger partial charge < -0.3 is 9.80 Å². The molecule has 2 aliphatic heterocycles. The first-order chi connectivity index (χ1) is 7.66. The molecule has 2 rings (SSSR count). The summed E-state index contributed by atoms with van der Waals surface area (Å²) in [6.45, 7) is 12.3. The Morgan fingerprint density at radius 3 is 1.88 bits per heavy atom. The second kappa shape index (κ2) is 7.37. The van der Waals surface area contributed by atoms with E-state index in [9.17, 15) is 0 Å². The number of hydrogen-bond donors (Lipinski definition) is 0. The van der Waals surface area contributed by atoms with E-state index in [-0.39, 0.29) is 25.8 Å². The monoisotopic (exact) mass is 340 g/mol. The summed E-state index contributed by atoms with van der Waals surface area (Å²) in [5.41, 5.74) is 0. The predicted octanol–water partition coefficient (Wildman–Crippen LogP) is 0.726. The van der Waals surface area contributed by atoms with Crippen LogP contribution < -0.4 is 0 Å². The van der Waals surface area contributed by atoms with Crippen LogP contribution >= 0.6 is 0 Å². The molecule has 3 nitrogen and oxygen atoms in total. The van der Waals surface area contributed by atoms with Gasteiger partial charge >= 0.3 is 0 Å². The number of piperidine rings is 1. The zero-order valence-electron chi connectivity index (χ0n) is 11.7. The number of rotatable bonds is 2. The van der Waals surface area contributed by atoms with Crippen LogP contribution in [-0.2, 0) is 0 Å². The van der Waals surface area contributed by atoms with E-state index in [0.717, 1.165) is 12.1 Å². The number of nitrogens with zero attached hydrogens (tertiary/aromatic N) is 3. The van der Waals surface area contributed by atoms with Gasteiger partial charge in [0.15, 0.2) is 0 Å². The Morgan fingerprint density at radius 2 is 1.41 bits per heavy atom. The van der Waals surface area contributed by atoms with Gasteiger partial charge in [-0.1, -0.05) is 0 Å². The van der Waals surface area contributed by atoms with E-state index in [1.54, 1.807) is 0 Å². The maximum Gasteiger partial charge on any atom is 0.0121 e. The molecule has 0 saturated carbocycles. The number of hydrogen-bond acceptors (Lipinski definition) is 3. The third-order valence-corrected chi connectivity index (χ3v) is 4.28. The molecule has 4 heteroatoms. The van der Waals surface area contributed by atoms with Crippen LogP contribution in [0.4, 0.5) is 0 Å². The molecule has 0 amide bonds. The van der Waals surface area contributed by atoms with Crippen molar-refractivity contribution < 1.29 is 0 Å². The molecule has 0 N–H and O–H groups in total. The Bertz CT molecular complexity index is 207. The van der Waals surface area contributed by atoms with Gasteiger partial charge in [0, 0.05) is 64.1 Å². The van der Waals surface area contributed by atoms with Gasteiger partial charge in [-0.25, -0.2) is 0 Å². The Balaban J connectivity index is 0.00000144. The topological polar surface area (TPSA) is 9.72 Å². The minimum Gasteiger partial charge on any atom is -0.304 e. The summed E-state index contributed by atoms with van der Waals surface area (Å²) in [6, 6.07) is 1.59. The van der Waals surface area contributed by atoms with E-state index >= 15 is 0 Å². The molecule has 2 fully saturated rings. The van der Waals surface area contributed by atoms with E-state index in [1.807, 2.05) is 0 Å². The first-order valence-corrected chi connectivity index (χ1v) is 6.83. The average Bonchev–Trinajstić information content (AvgIpc) is 2.30. The molecule has 0 bridgehead atoms. The minimum atomic E-state index is 0. The first-order valence-electron chi connectivity index (χ1n) is 6.83. The number of likely N-dealkylation sites (tertiary alicyclic amines) is 1. The zero-order chi connectivity index (χ0) is 11.5. The zero-order valence-corrected chi connectivity index (χ0v) is 15.0. The van der Waals surface area contributed by atoms with Gasteiger partial charge in [0.05, 0.1) is 0 Å². The molecule has 2 saturated heterocycles. The molecule has 0 aromatic rings. The van der Waals surface area contributed by atoms with Crippen LogP contribution in [0.5, 0.6) is 0 Å². The van der Waals surface area contributed by atoms with Crippen molar-refractivity contribution in [3.63, 3.8) is 0 Å². The fourth-order valence-corrected chi connectivity index (χ4v) is 2.95. The molecular formula is C13H27InN3. The molecule has 2 aliphatic rings. The molecule has 0 spiro atoms. The van der Waals surface area contributed by atoms with E-state index in [2.05, 4.69) is 35.6 Å². The molecule has 0 aliphatic carbocycles. The van der Waals surface area contributed by atoms with Crippen molar-refractivity contribution in [2.24, 2.45) is 0 Å². The van der Waals surface area contributed by atoms with Crippen molar-refractivity contribution in [3.05, 3.63) is 0 Å². The minimum absolute atomic E-state index is 0. The Kier molecular flexibility index (Phi) is 6.85. The van der Waals surface area contributed by atoms with Crippen molar-refractivity contribution in [1.82, 2.24) is 14.7 Å². The van der Waals surface area contributed by atoms with Crippen molar-refractivity contribution >= 4 is 25.8 Å². The van der Waals surface area contributed by atoms with Crippen molar-refractivity contribution in [3.8, 4) is 0 Å². The molecule has 0 unspecified atom stereocenters.